The fourth-order valence-corrected chi connectivity index (χ4v) is 3.60. The highest BCUT2D eigenvalue weighted by Crippen LogP contribution is 2.52. The van der Waals surface area contributed by atoms with E-state index in [-0.39, 0.29) is 47.0 Å². The highest BCUT2D eigenvalue weighted by atomic mass is 16.7. The van der Waals surface area contributed by atoms with Crippen LogP contribution >= 0.6 is 0 Å². The minimum absolute atomic E-state index is 0.0176. The molecular weight excluding hydrogens is 348 g/mol. The molecule has 0 saturated carbocycles. The zero-order chi connectivity index (χ0) is 20.1. The van der Waals surface area contributed by atoms with Gasteiger partial charge in [0.25, 0.3) is 0 Å². The number of Topliss-reactive ketones (excluding diaryl/α,β-unsaturated/α-hetero) is 2. The second-order valence-electron chi connectivity index (χ2n) is 7.26. The smallest absolute Gasteiger partial charge is 0.319 e. The summed E-state index contributed by atoms with van der Waals surface area (Å²) in [5.41, 5.74) is 2.01. The SMILES string of the molecule is CCC1=C(C)C(=O)C2(Cc3c(O)c(CC=C(C)C)c(O)c(C(C)=O)c3O2)O1. The molecule has 0 amide bonds. The lowest BCUT2D eigenvalue weighted by atomic mass is 9.93. The molecule has 0 fully saturated rings. The first-order chi connectivity index (χ1) is 12.6. The predicted octanol–water partition coefficient (Wildman–Crippen LogP) is 3.72. The Hall–Kier alpha value is -2.76. The maximum absolute atomic E-state index is 12.8. The third-order valence-corrected chi connectivity index (χ3v) is 5.05. The normalized spacial score (nSPS) is 20.6. The number of allylic oxidation sites excluding steroid dienone is 3. The van der Waals surface area contributed by atoms with E-state index in [2.05, 4.69) is 0 Å². The molecule has 1 atom stereocenters. The summed E-state index contributed by atoms with van der Waals surface area (Å²) < 4.78 is 11.7. The number of ether oxygens (including phenoxy) is 2. The van der Waals surface area contributed by atoms with Crippen molar-refractivity contribution in [3.05, 3.63) is 39.7 Å². The molecule has 2 aliphatic heterocycles. The molecule has 6 nitrogen and oxygen atoms in total. The Morgan fingerprint density at radius 3 is 2.37 bits per heavy atom. The summed E-state index contributed by atoms with van der Waals surface area (Å²) >= 11 is 0. The molecule has 0 bridgehead atoms. The number of carbonyl (C=O) groups is 2. The van der Waals surface area contributed by atoms with Gasteiger partial charge >= 0.3 is 5.79 Å². The molecule has 1 aromatic carbocycles. The van der Waals surface area contributed by atoms with Crippen molar-refractivity contribution in [1.29, 1.82) is 0 Å². The quantitative estimate of drug-likeness (QED) is 0.618. The van der Waals surface area contributed by atoms with Gasteiger partial charge in [0.15, 0.2) is 5.78 Å². The van der Waals surface area contributed by atoms with Crippen molar-refractivity contribution < 1.29 is 29.3 Å². The number of phenolic OH excluding ortho intramolecular Hbond substituents is 2. The lowest BCUT2D eigenvalue weighted by molar-refractivity contribution is -0.161. The Bertz CT molecular complexity index is 917. The summed E-state index contributed by atoms with van der Waals surface area (Å²) in [6.45, 7) is 8.65. The van der Waals surface area contributed by atoms with Gasteiger partial charge in [-0.2, -0.15) is 0 Å². The molecule has 27 heavy (non-hydrogen) atoms. The van der Waals surface area contributed by atoms with Crippen LogP contribution in [0.15, 0.2) is 23.0 Å². The molecule has 6 heteroatoms. The molecule has 1 unspecified atom stereocenters. The monoisotopic (exact) mass is 372 g/mol. The van der Waals surface area contributed by atoms with Gasteiger partial charge in [-0.25, -0.2) is 0 Å². The maximum atomic E-state index is 12.8. The van der Waals surface area contributed by atoms with E-state index in [1.54, 1.807) is 6.92 Å². The van der Waals surface area contributed by atoms with Crippen LogP contribution in [0.2, 0.25) is 0 Å². The summed E-state index contributed by atoms with van der Waals surface area (Å²) in [5, 5.41) is 21.4. The van der Waals surface area contributed by atoms with E-state index in [1.165, 1.54) is 6.92 Å². The number of rotatable bonds is 4. The van der Waals surface area contributed by atoms with E-state index < -0.39 is 11.6 Å². The van der Waals surface area contributed by atoms with Crippen LogP contribution in [0.4, 0.5) is 0 Å². The molecule has 3 rings (SSSR count). The second-order valence-corrected chi connectivity index (χ2v) is 7.26. The number of phenols is 2. The Kier molecular flexibility index (Phi) is 4.54. The summed E-state index contributed by atoms with van der Waals surface area (Å²) in [4.78, 5) is 25.0. The molecule has 0 saturated heterocycles. The highest BCUT2D eigenvalue weighted by molar-refractivity contribution is 6.06. The van der Waals surface area contributed by atoms with Gasteiger partial charge in [-0.1, -0.05) is 18.6 Å². The molecule has 2 heterocycles. The van der Waals surface area contributed by atoms with Gasteiger partial charge < -0.3 is 19.7 Å². The van der Waals surface area contributed by atoms with Crippen LogP contribution in [0.25, 0.3) is 0 Å². The van der Waals surface area contributed by atoms with Crippen molar-refractivity contribution in [3.8, 4) is 17.2 Å². The van der Waals surface area contributed by atoms with Gasteiger partial charge in [0.2, 0.25) is 5.78 Å². The minimum atomic E-state index is -1.61. The number of hydrogen-bond donors (Lipinski definition) is 2. The van der Waals surface area contributed by atoms with Gasteiger partial charge in [0, 0.05) is 23.1 Å². The van der Waals surface area contributed by atoms with Crippen molar-refractivity contribution in [2.45, 2.75) is 59.7 Å². The summed E-state index contributed by atoms with van der Waals surface area (Å²) in [5.74, 6) is -2.27. The van der Waals surface area contributed by atoms with E-state index in [9.17, 15) is 19.8 Å². The van der Waals surface area contributed by atoms with E-state index in [0.29, 0.717) is 23.3 Å². The summed E-state index contributed by atoms with van der Waals surface area (Å²) in [6.07, 6.45) is 2.61. The van der Waals surface area contributed by atoms with Crippen molar-refractivity contribution in [3.63, 3.8) is 0 Å². The van der Waals surface area contributed by atoms with E-state index >= 15 is 0 Å². The lowest BCUT2D eigenvalue weighted by Gasteiger charge is -2.22. The van der Waals surface area contributed by atoms with Gasteiger partial charge in [0.05, 0.1) is 6.42 Å². The van der Waals surface area contributed by atoms with Crippen LogP contribution in [0.3, 0.4) is 0 Å². The third kappa shape index (κ3) is 2.80. The topological polar surface area (TPSA) is 93.1 Å². The van der Waals surface area contributed by atoms with Gasteiger partial charge in [0.1, 0.15) is 28.6 Å². The molecule has 0 aromatic heterocycles. The van der Waals surface area contributed by atoms with Gasteiger partial charge in [-0.05, 0) is 34.1 Å². The first-order valence-electron chi connectivity index (χ1n) is 8.99. The molecule has 1 spiro atoms. The number of benzene rings is 1. The number of fused-ring (bicyclic) bond motifs is 1. The fourth-order valence-electron chi connectivity index (χ4n) is 3.60. The van der Waals surface area contributed by atoms with E-state index in [1.807, 2.05) is 26.8 Å². The molecule has 0 aliphatic carbocycles. The number of ketones is 2. The molecule has 1 aromatic rings. The molecule has 144 valence electrons. The third-order valence-electron chi connectivity index (χ3n) is 5.05. The van der Waals surface area contributed by atoms with Crippen LogP contribution in [-0.2, 0) is 22.4 Å². The molecule has 2 aliphatic rings. The Labute approximate surface area is 158 Å². The van der Waals surface area contributed by atoms with Crippen LogP contribution in [0, 0.1) is 0 Å². The standard InChI is InChI=1S/C21H24O6/c1-6-15-11(4)20(25)21(26-15)9-14-17(23)13(8-7-10(2)3)18(24)16(12(5)22)19(14)27-21/h7,23-24H,6,8-9H2,1-5H3. The average Bonchev–Trinajstić information content (AvgIpc) is 3.08. The largest absolute Gasteiger partial charge is 0.507 e. The van der Waals surface area contributed by atoms with Crippen LogP contribution in [0.1, 0.15) is 62.5 Å². The summed E-state index contributed by atoms with van der Waals surface area (Å²) in [7, 11) is 0. The first-order valence-corrected chi connectivity index (χ1v) is 8.99. The fraction of sp³-hybridized carbons (Fsp3) is 0.429. The Morgan fingerprint density at radius 1 is 1.19 bits per heavy atom. The minimum Gasteiger partial charge on any atom is -0.507 e. The second kappa shape index (κ2) is 6.44. The molecular formula is C21H24O6. The average molecular weight is 372 g/mol. The van der Waals surface area contributed by atoms with Gasteiger partial charge in [-0.15, -0.1) is 0 Å². The van der Waals surface area contributed by atoms with Crippen LogP contribution in [0.5, 0.6) is 17.2 Å². The zero-order valence-corrected chi connectivity index (χ0v) is 16.2. The molecule has 2 N–H and O–H groups in total. The van der Waals surface area contributed by atoms with Crippen LogP contribution < -0.4 is 4.74 Å². The van der Waals surface area contributed by atoms with Crippen molar-refractivity contribution in [2.24, 2.45) is 0 Å². The predicted molar refractivity (Wildman–Crippen MR) is 99.1 cm³/mol. The zero-order valence-electron chi connectivity index (χ0n) is 16.2. The van der Waals surface area contributed by atoms with Crippen molar-refractivity contribution in [1.82, 2.24) is 0 Å². The highest BCUT2D eigenvalue weighted by Gasteiger charge is 2.56. The van der Waals surface area contributed by atoms with Crippen molar-refractivity contribution >= 4 is 11.6 Å². The maximum Gasteiger partial charge on any atom is 0.319 e. The Morgan fingerprint density at radius 2 is 1.85 bits per heavy atom. The van der Waals surface area contributed by atoms with E-state index in [4.69, 9.17) is 9.47 Å². The summed E-state index contributed by atoms with van der Waals surface area (Å²) in [6, 6.07) is 0. The van der Waals surface area contributed by atoms with Crippen molar-refractivity contribution in [2.75, 3.05) is 0 Å². The van der Waals surface area contributed by atoms with Crippen LogP contribution in [-0.4, -0.2) is 27.6 Å². The molecule has 0 radical (unpaired) electrons. The van der Waals surface area contributed by atoms with E-state index in [0.717, 1.165) is 5.57 Å². The number of hydrogen-bond acceptors (Lipinski definition) is 6. The van der Waals surface area contributed by atoms with Gasteiger partial charge in [-0.3, -0.25) is 9.59 Å². The Balaban J connectivity index is 2.15. The first kappa shape index (κ1) is 19.0. The number of aromatic hydroxyl groups is 2. The lowest BCUT2D eigenvalue weighted by Crippen LogP contribution is -2.42. The number of carbonyl (C=O) groups excluding carboxylic acids is 2.